The quantitative estimate of drug-likeness (QED) is 0.614. The molecule has 0 aromatic carbocycles. The van der Waals surface area contributed by atoms with Gasteiger partial charge >= 0.3 is 0 Å². The maximum Gasteiger partial charge on any atom is 0.00666 e. The molecule has 0 amide bonds. The molecule has 0 unspecified atom stereocenters. The van der Waals surface area contributed by atoms with Gasteiger partial charge in [-0.2, -0.15) is 0 Å². The van der Waals surface area contributed by atoms with Crippen LogP contribution in [-0.2, 0) is 0 Å². The van der Waals surface area contributed by atoms with Crippen molar-refractivity contribution in [3.8, 4) is 0 Å². The van der Waals surface area contributed by atoms with Crippen molar-refractivity contribution >= 4 is 0 Å². The second-order valence-corrected chi connectivity index (χ2v) is 4.58. The molecule has 0 saturated carbocycles. The van der Waals surface area contributed by atoms with E-state index in [1.807, 2.05) is 0 Å². The van der Waals surface area contributed by atoms with Crippen LogP contribution in [0.5, 0.6) is 0 Å². The third-order valence-electron chi connectivity index (χ3n) is 2.67. The summed E-state index contributed by atoms with van der Waals surface area (Å²) in [6, 6.07) is 1.40. The Balaban J connectivity index is 3.64. The molecule has 1 heteroatoms. The van der Waals surface area contributed by atoms with Crippen LogP contribution in [0.15, 0.2) is 0 Å². The highest BCUT2D eigenvalue weighted by Gasteiger charge is 2.11. The van der Waals surface area contributed by atoms with E-state index in [1.165, 1.54) is 12.8 Å². The molecule has 0 fully saturated rings. The lowest BCUT2D eigenvalue weighted by Crippen LogP contribution is -2.35. The van der Waals surface area contributed by atoms with Gasteiger partial charge in [-0.3, -0.25) is 0 Å². The first kappa shape index (κ1) is 12.0. The average molecular weight is 171 g/mol. The summed E-state index contributed by atoms with van der Waals surface area (Å²) < 4.78 is 0. The van der Waals surface area contributed by atoms with Crippen molar-refractivity contribution < 1.29 is 0 Å². The van der Waals surface area contributed by atoms with Gasteiger partial charge in [-0.15, -0.1) is 0 Å². The maximum atomic E-state index is 2.45. The van der Waals surface area contributed by atoms with Gasteiger partial charge in [0, 0.05) is 12.1 Å². The van der Waals surface area contributed by atoms with Crippen LogP contribution in [0.25, 0.3) is 0 Å². The summed E-state index contributed by atoms with van der Waals surface area (Å²) in [5, 5.41) is 0. The van der Waals surface area contributed by atoms with Gasteiger partial charge in [0.05, 0.1) is 0 Å². The molecule has 0 aliphatic rings. The van der Waals surface area contributed by atoms with E-state index < -0.39 is 0 Å². The first-order valence-electron chi connectivity index (χ1n) is 5.17. The molecule has 12 heavy (non-hydrogen) atoms. The number of hydrogen-bond donors (Lipinski definition) is 0. The van der Waals surface area contributed by atoms with Crippen molar-refractivity contribution in [2.45, 2.75) is 59.5 Å². The van der Waals surface area contributed by atoms with Gasteiger partial charge in [-0.1, -0.05) is 13.8 Å². The largest absolute Gasteiger partial charge is 0.301 e. The highest BCUT2D eigenvalue weighted by molar-refractivity contribution is 4.67. The van der Waals surface area contributed by atoms with Crippen molar-refractivity contribution in [1.29, 1.82) is 0 Å². The Morgan fingerprint density at radius 1 is 0.917 bits per heavy atom. The zero-order valence-electron chi connectivity index (χ0n) is 9.59. The van der Waals surface area contributed by atoms with Crippen LogP contribution in [0.2, 0.25) is 0 Å². The second-order valence-electron chi connectivity index (χ2n) is 4.58. The lowest BCUT2D eigenvalue weighted by Gasteiger charge is -2.28. The molecule has 0 heterocycles. The summed E-state index contributed by atoms with van der Waals surface area (Å²) in [6.07, 6.45) is 2.67. The van der Waals surface area contributed by atoms with Gasteiger partial charge in [-0.05, 0) is 46.6 Å². The van der Waals surface area contributed by atoms with Gasteiger partial charge in [0.1, 0.15) is 0 Å². The first-order chi connectivity index (χ1) is 5.45. The van der Waals surface area contributed by atoms with E-state index in [4.69, 9.17) is 0 Å². The SMILES string of the molecule is CC(C)CC[C@H](C)N(C)C(C)C. The molecule has 1 atom stereocenters. The number of hydrogen-bond acceptors (Lipinski definition) is 1. The molecular weight excluding hydrogens is 146 g/mol. The van der Waals surface area contributed by atoms with E-state index in [1.54, 1.807) is 0 Å². The molecule has 0 radical (unpaired) electrons. The van der Waals surface area contributed by atoms with Crippen molar-refractivity contribution in [3.63, 3.8) is 0 Å². The predicted octanol–water partition coefficient (Wildman–Crippen LogP) is 3.15. The number of rotatable bonds is 5. The minimum atomic E-state index is 0.673. The standard InChI is InChI=1S/C11H25N/c1-9(2)7-8-11(5)12(6)10(3)4/h9-11H,7-8H2,1-6H3/t11-/m0/s1. The molecule has 0 aromatic heterocycles. The fraction of sp³-hybridized carbons (Fsp3) is 1.00. The fourth-order valence-electron chi connectivity index (χ4n) is 1.29. The van der Waals surface area contributed by atoms with E-state index in [2.05, 4.69) is 46.6 Å². The Labute approximate surface area is 78.1 Å². The minimum Gasteiger partial charge on any atom is -0.301 e. The molecule has 0 aliphatic carbocycles. The molecule has 0 N–H and O–H groups in total. The van der Waals surface area contributed by atoms with Crippen LogP contribution in [0.3, 0.4) is 0 Å². The molecule has 0 aromatic rings. The molecule has 74 valence electrons. The molecule has 0 rings (SSSR count). The average Bonchev–Trinajstić information content (AvgIpc) is 1.98. The Hall–Kier alpha value is -0.0400. The monoisotopic (exact) mass is 171 g/mol. The molecule has 0 spiro atoms. The lowest BCUT2D eigenvalue weighted by atomic mass is 10.0. The molecule has 0 saturated heterocycles. The smallest absolute Gasteiger partial charge is 0.00666 e. The van der Waals surface area contributed by atoms with E-state index in [-0.39, 0.29) is 0 Å². The lowest BCUT2D eigenvalue weighted by molar-refractivity contribution is 0.192. The summed E-state index contributed by atoms with van der Waals surface area (Å²) in [5.74, 6) is 0.841. The minimum absolute atomic E-state index is 0.673. The third-order valence-corrected chi connectivity index (χ3v) is 2.67. The third kappa shape index (κ3) is 4.76. The van der Waals surface area contributed by atoms with Crippen LogP contribution >= 0.6 is 0 Å². The van der Waals surface area contributed by atoms with Gasteiger partial charge in [0.15, 0.2) is 0 Å². The van der Waals surface area contributed by atoms with Crippen LogP contribution in [0.1, 0.15) is 47.5 Å². The Kier molecular flexibility index (Phi) is 5.56. The van der Waals surface area contributed by atoms with E-state index >= 15 is 0 Å². The van der Waals surface area contributed by atoms with E-state index in [0.717, 1.165) is 12.0 Å². The van der Waals surface area contributed by atoms with Crippen LogP contribution in [0, 0.1) is 5.92 Å². The Morgan fingerprint density at radius 3 is 1.75 bits per heavy atom. The van der Waals surface area contributed by atoms with Crippen LogP contribution in [-0.4, -0.2) is 24.0 Å². The molecule has 1 nitrogen and oxygen atoms in total. The highest BCUT2D eigenvalue weighted by atomic mass is 15.1. The van der Waals surface area contributed by atoms with Gasteiger partial charge in [0.25, 0.3) is 0 Å². The van der Waals surface area contributed by atoms with Gasteiger partial charge < -0.3 is 4.90 Å². The Morgan fingerprint density at radius 2 is 1.42 bits per heavy atom. The van der Waals surface area contributed by atoms with Crippen LogP contribution in [0.4, 0.5) is 0 Å². The first-order valence-corrected chi connectivity index (χ1v) is 5.17. The summed E-state index contributed by atoms with van der Waals surface area (Å²) in [4.78, 5) is 2.45. The maximum absolute atomic E-state index is 2.45. The predicted molar refractivity (Wildman–Crippen MR) is 56.4 cm³/mol. The zero-order chi connectivity index (χ0) is 9.72. The highest BCUT2D eigenvalue weighted by Crippen LogP contribution is 2.12. The molecular formula is C11H25N. The van der Waals surface area contributed by atoms with Crippen molar-refractivity contribution in [1.82, 2.24) is 4.90 Å². The topological polar surface area (TPSA) is 3.24 Å². The molecule has 0 bridgehead atoms. The zero-order valence-corrected chi connectivity index (χ0v) is 9.59. The van der Waals surface area contributed by atoms with Crippen LogP contribution < -0.4 is 0 Å². The van der Waals surface area contributed by atoms with E-state index in [9.17, 15) is 0 Å². The summed E-state index contributed by atoms with van der Waals surface area (Å²) in [6.45, 7) is 11.4. The van der Waals surface area contributed by atoms with Crippen molar-refractivity contribution in [2.24, 2.45) is 5.92 Å². The molecule has 0 aliphatic heterocycles. The van der Waals surface area contributed by atoms with Gasteiger partial charge in [-0.25, -0.2) is 0 Å². The number of nitrogens with zero attached hydrogens (tertiary/aromatic N) is 1. The van der Waals surface area contributed by atoms with E-state index in [0.29, 0.717) is 6.04 Å². The summed E-state index contributed by atoms with van der Waals surface area (Å²) >= 11 is 0. The fourth-order valence-corrected chi connectivity index (χ4v) is 1.29. The Bertz CT molecular complexity index is 108. The summed E-state index contributed by atoms with van der Waals surface area (Å²) in [5.41, 5.74) is 0. The van der Waals surface area contributed by atoms with Crippen molar-refractivity contribution in [3.05, 3.63) is 0 Å². The summed E-state index contributed by atoms with van der Waals surface area (Å²) in [7, 11) is 2.22. The second kappa shape index (κ2) is 5.58. The van der Waals surface area contributed by atoms with Crippen molar-refractivity contribution in [2.75, 3.05) is 7.05 Å². The normalized spacial score (nSPS) is 14.8. The van der Waals surface area contributed by atoms with Gasteiger partial charge in [0.2, 0.25) is 0 Å².